The third-order valence-corrected chi connectivity index (χ3v) is 7.45. The molecular weight excluding hydrogens is 322 g/mol. The van der Waals surface area contributed by atoms with Gasteiger partial charge in [-0.05, 0) is 44.6 Å². The van der Waals surface area contributed by atoms with E-state index in [0.29, 0.717) is 23.5 Å². The highest BCUT2D eigenvalue weighted by molar-refractivity contribution is 5.80. The molecule has 0 aromatic heterocycles. The number of ether oxygens (including phenoxy) is 1. The first-order chi connectivity index (χ1) is 12.8. The molecular formula is C22H31N3O. The molecule has 3 unspecified atom stereocenters. The van der Waals surface area contributed by atoms with Gasteiger partial charge in [-0.1, -0.05) is 36.8 Å². The molecule has 5 rings (SSSR count). The molecule has 1 aromatic carbocycles. The third kappa shape index (κ3) is 2.49. The predicted octanol–water partition coefficient (Wildman–Crippen LogP) is 3.23. The summed E-state index contributed by atoms with van der Waals surface area (Å²) in [4.78, 5) is 5.04. The Kier molecular flexibility index (Phi) is 4.00. The molecule has 1 heterocycles. The fourth-order valence-electron chi connectivity index (χ4n) is 5.63. The molecule has 4 nitrogen and oxygen atoms in total. The number of nitrogens with one attached hydrogen (secondary N) is 2. The predicted molar refractivity (Wildman–Crippen MR) is 104 cm³/mol. The maximum absolute atomic E-state index is 6.06. The zero-order valence-electron chi connectivity index (χ0n) is 15.8. The molecule has 3 saturated carbocycles. The van der Waals surface area contributed by atoms with Crippen LogP contribution >= 0.6 is 0 Å². The van der Waals surface area contributed by atoms with E-state index in [4.69, 9.17) is 9.73 Å². The van der Waals surface area contributed by atoms with Crippen molar-refractivity contribution in [1.29, 1.82) is 0 Å². The van der Waals surface area contributed by atoms with Gasteiger partial charge in [0.05, 0.1) is 12.6 Å². The van der Waals surface area contributed by atoms with Crippen LogP contribution in [0.5, 0.6) is 0 Å². The normalized spacial score (nSPS) is 33.1. The second-order valence-corrected chi connectivity index (χ2v) is 8.79. The molecule has 3 atom stereocenters. The third-order valence-electron chi connectivity index (χ3n) is 7.45. The Labute approximate surface area is 156 Å². The molecule has 1 saturated heterocycles. The quantitative estimate of drug-likeness (QED) is 0.631. The van der Waals surface area contributed by atoms with Gasteiger partial charge in [0, 0.05) is 35.9 Å². The second kappa shape index (κ2) is 6.26. The lowest BCUT2D eigenvalue weighted by atomic mass is 9.46. The first kappa shape index (κ1) is 16.6. The Hall–Kier alpha value is -1.55. The minimum absolute atomic E-state index is 0.274. The van der Waals surface area contributed by atoms with Crippen molar-refractivity contribution in [2.45, 2.75) is 63.0 Å². The van der Waals surface area contributed by atoms with Crippen LogP contribution in [-0.2, 0) is 10.2 Å². The minimum atomic E-state index is 0.274. The summed E-state index contributed by atoms with van der Waals surface area (Å²) in [5.74, 6) is 1.69. The van der Waals surface area contributed by atoms with Gasteiger partial charge in [-0.3, -0.25) is 4.99 Å². The van der Waals surface area contributed by atoms with Gasteiger partial charge in [-0.15, -0.1) is 0 Å². The molecule has 26 heavy (non-hydrogen) atoms. The number of rotatable bonds is 5. The minimum Gasteiger partial charge on any atom is -0.377 e. The van der Waals surface area contributed by atoms with Crippen molar-refractivity contribution >= 4 is 5.96 Å². The summed E-state index contributed by atoms with van der Waals surface area (Å²) in [6, 6.07) is 11.5. The summed E-state index contributed by atoms with van der Waals surface area (Å²) >= 11 is 0. The lowest BCUT2D eigenvalue weighted by molar-refractivity contribution is -0.171. The van der Waals surface area contributed by atoms with Crippen LogP contribution < -0.4 is 10.6 Å². The highest BCUT2D eigenvalue weighted by atomic mass is 16.5. The van der Waals surface area contributed by atoms with E-state index >= 15 is 0 Å². The van der Waals surface area contributed by atoms with Gasteiger partial charge in [-0.2, -0.15) is 0 Å². The van der Waals surface area contributed by atoms with Gasteiger partial charge in [0.25, 0.3) is 0 Å². The summed E-state index contributed by atoms with van der Waals surface area (Å²) in [6.07, 6.45) is 8.22. The highest BCUT2D eigenvalue weighted by Crippen LogP contribution is 2.62. The summed E-state index contributed by atoms with van der Waals surface area (Å²) in [5, 5.41) is 7.33. The Morgan fingerprint density at radius 2 is 2.00 bits per heavy atom. The van der Waals surface area contributed by atoms with Crippen molar-refractivity contribution in [3.63, 3.8) is 0 Å². The van der Waals surface area contributed by atoms with Crippen molar-refractivity contribution in [3.8, 4) is 0 Å². The zero-order chi connectivity index (χ0) is 17.6. The van der Waals surface area contributed by atoms with E-state index in [9.17, 15) is 0 Å². The number of hydrogen-bond donors (Lipinski definition) is 2. The van der Waals surface area contributed by atoms with Crippen LogP contribution in [0.3, 0.4) is 0 Å². The van der Waals surface area contributed by atoms with Crippen molar-refractivity contribution in [2.24, 2.45) is 16.3 Å². The molecule has 1 aromatic rings. The smallest absolute Gasteiger partial charge is 0.191 e. The molecule has 4 aliphatic rings. The average molecular weight is 354 g/mol. The van der Waals surface area contributed by atoms with Crippen LogP contribution in [0.25, 0.3) is 0 Å². The largest absolute Gasteiger partial charge is 0.377 e. The fraction of sp³-hybridized carbons (Fsp3) is 0.682. The first-order valence-corrected chi connectivity index (χ1v) is 10.5. The zero-order valence-corrected chi connectivity index (χ0v) is 15.8. The molecule has 2 N–H and O–H groups in total. The van der Waals surface area contributed by atoms with E-state index in [2.05, 4.69) is 47.9 Å². The van der Waals surface area contributed by atoms with E-state index in [1.54, 1.807) is 0 Å². The van der Waals surface area contributed by atoms with Crippen LogP contribution in [0, 0.1) is 11.3 Å². The molecule has 1 spiro atoms. The highest BCUT2D eigenvalue weighted by Gasteiger charge is 2.66. The SMILES string of the molecule is CCNC(=NCC1(c2ccccc2)CC1)NC1C2CCOC2C12CCC2. The van der Waals surface area contributed by atoms with Gasteiger partial charge >= 0.3 is 0 Å². The molecule has 0 bridgehead atoms. The van der Waals surface area contributed by atoms with E-state index < -0.39 is 0 Å². The van der Waals surface area contributed by atoms with E-state index in [1.165, 1.54) is 44.1 Å². The van der Waals surface area contributed by atoms with Crippen LogP contribution in [0.1, 0.15) is 51.0 Å². The van der Waals surface area contributed by atoms with Crippen LogP contribution in [-0.4, -0.2) is 37.8 Å². The average Bonchev–Trinajstić information content (AvgIpc) is 3.30. The fourth-order valence-corrected chi connectivity index (χ4v) is 5.63. The number of benzene rings is 1. The standard InChI is InChI=1S/C22H31N3O/c1-2-23-20(24-15-21(12-13-21)16-7-4-3-5-8-16)25-18-17-9-14-26-19(17)22(18)10-6-11-22/h3-5,7-8,17-19H,2,6,9-15H2,1H3,(H2,23,24,25). The van der Waals surface area contributed by atoms with Gasteiger partial charge < -0.3 is 15.4 Å². The first-order valence-electron chi connectivity index (χ1n) is 10.5. The molecule has 4 heteroatoms. The number of aliphatic imine (C=N–C) groups is 1. The van der Waals surface area contributed by atoms with Gasteiger partial charge in [0.1, 0.15) is 0 Å². The van der Waals surface area contributed by atoms with Crippen molar-refractivity contribution in [1.82, 2.24) is 10.6 Å². The van der Waals surface area contributed by atoms with E-state index in [-0.39, 0.29) is 5.41 Å². The van der Waals surface area contributed by atoms with Crippen molar-refractivity contribution in [2.75, 3.05) is 19.7 Å². The second-order valence-electron chi connectivity index (χ2n) is 8.79. The molecule has 4 fully saturated rings. The van der Waals surface area contributed by atoms with Crippen molar-refractivity contribution < 1.29 is 4.74 Å². The topological polar surface area (TPSA) is 45.7 Å². The van der Waals surface area contributed by atoms with Crippen LogP contribution in [0.4, 0.5) is 0 Å². The van der Waals surface area contributed by atoms with Gasteiger partial charge in [0.15, 0.2) is 5.96 Å². The summed E-state index contributed by atoms with van der Waals surface area (Å²) < 4.78 is 6.06. The van der Waals surface area contributed by atoms with E-state index in [1.807, 2.05) is 0 Å². The van der Waals surface area contributed by atoms with Crippen molar-refractivity contribution in [3.05, 3.63) is 35.9 Å². The molecule has 0 radical (unpaired) electrons. The monoisotopic (exact) mass is 353 g/mol. The molecule has 0 amide bonds. The van der Waals surface area contributed by atoms with Gasteiger partial charge in [0.2, 0.25) is 0 Å². The Morgan fingerprint density at radius 1 is 1.19 bits per heavy atom. The Balaban J connectivity index is 1.30. The maximum Gasteiger partial charge on any atom is 0.191 e. The van der Waals surface area contributed by atoms with Crippen LogP contribution in [0.15, 0.2) is 35.3 Å². The maximum atomic E-state index is 6.06. The summed E-state index contributed by atoms with van der Waals surface area (Å²) in [5.41, 5.74) is 2.12. The number of nitrogens with zero attached hydrogens (tertiary/aromatic N) is 1. The number of fused-ring (bicyclic) bond motifs is 2. The lowest BCUT2D eigenvalue weighted by Gasteiger charge is -2.63. The Bertz CT molecular complexity index is 678. The Morgan fingerprint density at radius 3 is 2.65 bits per heavy atom. The number of hydrogen-bond acceptors (Lipinski definition) is 2. The number of guanidine groups is 1. The van der Waals surface area contributed by atoms with Crippen LogP contribution in [0.2, 0.25) is 0 Å². The van der Waals surface area contributed by atoms with E-state index in [0.717, 1.165) is 25.7 Å². The van der Waals surface area contributed by atoms with Gasteiger partial charge in [-0.25, -0.2) is 0 Å². The molecule has 1 aliphatic heterocycles. The molecule has 3 aliphatic carbocycles. The summed E-state index contributed by atoms with van der Waals surface area (Å²) in [6.45, 7) is 4.90. The lowest BCUT2D eigenvalue weighted by Crippen LogP contribution is -2.72. The summed E-state index contributed by atoms with van der Waals surface area (Å²) in [7, 11) is 0. The molecule has 140 valence electrons.